The average Bonchev–Trinajstić information content (AvgIpc) is 2.73. The molecule has 1 aliphatic rings. The lowest BCUT2D eigenvalue weighted by Gasteiger charge is -2.34. The first-order valence-corrected chi connectivity index (χ1v) is 11.3. The van der Waals surface area contributed by atoms with Crippen LogP contribution in [0.5, 0.6) is 5.75 Å². The molecule has 0 unspecified atom stereocenters. The number of amides is 1. The molecule has 0 radical (unpaired) electrons. The number of methoxy groups -OCH3 is 1. The quantitative estimate of drug-likeness (QED) is 0.535. The Bertz CT molecular complexity index is 1070. The van der Waals surface area contributed by atoms with Crippen LogP contribution in [0.3, 0.4) is 0 Å². The van der Waals surface area contributed by atoms with Gasteiger partial charge in [-0.05, 0) is 48.6 Å². The van der Waals surface area contributed by atoms with Gasteiger partial charge in [-0.3, -0.25) is 14.9 Å². The molecular formula is C21H25N3O6S. The molecule has 31 heavy (non-hydrogen) atoms. The minimum absolute atomic E-state index is 0.137. The van der Waals surface area contributed by atoms with E-state index in [2.05, 4.69) is 5.32 Å². The predicted molar refractivity (Wildman–Crippen MR) is 116 cm³/mol. The van der Waals surface area contributed by atoms with E-state index in [-0.39, 0.29) is 27.6 Å². The summed E-state index contributed by atoms with van der Waals surface area (Å²) in [5.74, 6) is 0.243. The number of nitrogens with zero attached hydrogens (tertiary/aromatic N) is 2. The highest BCUT2D eigenvalue weighted by atomic mass is 32.2. The molecule has 10 heteroatoms. The number of non-ortho nitro benzene ring substituents is 1. The number of rotatable bonds is 6. The van der Waals surface area contributed by atoms with Crippen molar-refractivity contribution in [3.63, 3.8) is 0 Å². The van der Waals surface area contributed by atoms with Crippen molar-refractivity contribution in [2.24, 2.45) is 11.8 Å². The van der Waals surface area contributed by atoms with Gasteiger partial charge in [0.2, 0.25) is 10.0 Å². The molecule has 1 heterocycles. The van der Waals surface area contributed by atoms with Crippen LogP contribution in [0.4, 0.5) is 11.4 Å². The van der Waals surface area contributed by atoms with Gasteiger partial charge in [0, 0.05) is 24.7 Å². The summed E-state index contributed by atoms with van der Waals surface area (Å²) >= 11 is 0. The summed E-state index contributed by atoms with van der Waals surface area (Å²) in [5.41, 5.74) is 0.358. The van der Waals surface area contributed by atoms with E-state index in [1.165, 1.54) is 53.9 Å². The van der Waals surface area contributed by atoms with Crippen LogP contribution in [0, 0.1) is 22.0 Å². The third-order valence-electron chi connectivity index (χ3n) is 5.23. The lowest BCUT2D eigenvalue weighted by molar-refractivity contribution is -0.384. The van der Waals surface area contributed by atoms with Crippen LogP contribution in [0.25, 0.3) is 0 Å². The Morgan fingerprint density at radius 3 is 2.29 bits per heavy atom. The molecule has 0 spiro atoms. The summed E-state index contributed by atoms with van der Waals surface area (Å²) in [7, 11) is -2.29. The first kappa shape index (κ1) is 22.7. The number of sulfonamides is 1. The van der Waals surface area contributed by atoms with Crippen molar-refractivity contribution in [1.82, 2.24) is 4.31 Å². The number of benzene rings is 2. The molecule has 166 valence electrons. The van der Waals surface area contributed by atoms with Crippen LogP contribution in [0.2, 0.25) is 0 Å². The van der Waals surface area contributed by atoms with Crippen molar-refractivity contribution < 1.29 is 22.9 Å². The Morgan fingerprint density at radius 1 is 1.13 bits per heavy atom. The maximum Gasteiger partial charge on any atom is 0.273 e. The highest BCUT2D eigenvalue weighted by molar-refractivity contribution is 7.89. The molecule has 2 aromatic carbocycles. The minimum Gasteiger partial charge on any atom is -0.494 e. The van der Waals surface area contributed by atoms with Crippen molar-refractivity contribution in [1.29, 1.82) is 0 Å². The zero-order chi connectivity index (χ0) is 22.8. The molecule has 0 saturated carbocycles. The summed E-state index contributed by atoms with van der Waals surface area (Å²) in [6.45, 7) is 5.04. The number of anilines is 1. The number of nitrogens with one attached hydrogen (secondary N) is 1. The van der Waals surface area contributed by atoms with Crippen molar-refractivity contribution in [2.45, 2.75) is 25.2 Å². The second-order valence-electron chi connectivity index (χ2n) is 7.89. The monoisotopic (exact) mass is 447 g/mol. The fourth-order valence-electron chi connectivity index (χ4n) is 3.82. The molecule has 2 atom stereocenters. The third kappa shape index (κ3) is 5.02. The number of nitro benzene ring substituents is 1. The summed E-state index contributed by atoms with van der Waals surface area (Å²) in [6.07, 6.45) is 0.997. The number of piperidine rings is 1. The Balaban J connectivity index is 1.77. The second-order valence-corrected chi connectivity index (χ2v) is 9.83. The number of carbonyl (C=O) groups excluding carboxylic acids is 1. The van der Waals surface area contributed by atoms with Crippen molar-refractivity contribution in [2.75, 3.05) is 25.5 Å². The second kappa shape index (κ2) is 9.03. The van der Waals surface area contributed by atoms with E-state index in [1.54, 1.807) is 0 Å². The van der Waals surface area contributed by atoms with E-state index < -0.39 is 20.9 Å². The molecule has 0 aromatic heterocycles. The van der Waals surface area contributed by atoms with Gasteiger partial charge in [0.25, 0.3) is 11.6 Å². The van der Waals surface area contributed by atoms with Gasteiger partial charge in [0.05, 0.1) is 28.7 Å². The van der Waals surface area contributed by atoms with E-state index in [1.807, 2.05) is 13.8 Å². The van der Waals surface area contributed by atoms with Gasteiger partial charge >= 0.3 is 0 Å². The first-order chi connectivity index (χ1) is 14.6. The molecule has 3 rings (SSSR count). The SMILES string of the molecule is COc1cc([N+](=O)[O-])ccc1NC(=O)c1ccc(S(=O)(=O)N2C[C@H](C)C[C@H](C)C2)cc1. The number of carbonyl (C=O) groups is 1. The Kier molecular flexibility index (Phi) is 6.61. The van der Waals surface area contributed by atoms with Gasteiger partial charge in [0.15, 0.2) is 0 Å². The fraction of sp³-hybridized carbons (Fsp3) is 0.381. The molecule has 1 N–H and O–H groups in total. The molecular weight excluding hydrogens is 422 g/mol. The van der Waals surface area contributed by atoms with Gasteiger partial charge in [-0.15, -0.1) is 0 Å². The van der Waals surface area contributed by atoms with Gasteiger partial charge in [-0.25, -0.2) is 8.42 Å². The third-order valence-corrected chi connectivity index (χ3v) is 7.08. The number of hydrogen-bond donors (Lipinski definition) is 1. The van der Waals surface area contributed by atoms with Crippen LogP contribution in [0.15, 0.2) is 47.4 Å². The molecule has 9 nitrogen and oxygen atoms in total. The van der Waals surface area contributed by atoms with Crippen molar-refractivity contribution >= 4 is 27.3 Å². The maximum atomic E-state index is 13.0. The normalized spacial score (nSPS) is 19.6. The Hall–Kier alpha value is -2.98. The molecule has 1 saturated heterocycles. The number of ether oxygens (including phenoxy) is 1. The summed E-state index contributed by atoms with van der Waals surface area (Å²) in [6, 6.07) is 9.57. The van der Waals surface area contributed by atoms with Gasteiger partial charge in [-0.2, -0.15) is 4.31 Å². The molecule has 2 aromatic rings. The fourth-order valence-corrected chi connectivity index (χ4v) is 5.50. The lowest BCUT2D eigenvalue weighted by Crippen LogP contribution is -2.42. The zero-order valence-corrected chi connectivity index (χ0v) is 18.4. The highest BCUT2D eigenvalue weighted by Gasteiger charge is 2.31. The van der Waals surface area contributed by atoms with Crippen LogP contribution in [0.1, 0.15) is 30.6 Å². The van der Waals surface area contributed by atoms with Crippen LogP contribution < -0.4 is 10.1 Å². The largest absolute Gasteiger partial charge is 0.494 e. The van der Waals surface area contributed by atoms with E-state index in [0.29, 0.717) is 24.9 Å². The van der Waals surface area contributed by atoms with Crippen LogP contribution >= 0.6 is 0 Å². The zero-order valence-electron chi connectivity index (χ0n) is 17.6. The van der Waals surface area contributed by atoms with E-state index >= 15 is 0 Å². The van der Waals surface area contributed by atoms with Gasteiger partial charge in [0.1, 0.15) is 5.75 Å². The molecule has 1 fully saturated rings. The van der Waals surface area contributed by atoms with E-state index in [9.17, 15) is 23.3 Å². The van der Waals surface area contributed by atoms with E-state index in [4.69, 9.17) is 4.74 Å². The lowest BCUT2D eigenvalue weighted by atomic mass is 9.94. The van der Waals surface area contributed by atoms with Gasteiger partial charge in [-0.1, -0.05) is 13.8 Å². The van der Waals surface area contributed by atoms with Crippen molar-refractivity contribution in [3.8, 4) is 5.75 Å². The number of hydrogen-bond acceptors (Lipinski definition) is 6. The van der Waals surface area contributed by atoms with Crippen molar-refractivity contribution in [3.05, 3.63) is 58.1 Å². The average molecular weight is 448 g/mol. The topological polar surface area (TPSA) is 119 Å². The highest BCUT2D eigenvalue weighted by Crippen LogP contribution is 2.30. The summed E-state index contributed by atoms with van der Waals surface area (Å²) < 4.78 is 32.6. The molecule has 1 aliphatic heterocycles. The molecule has 0 aliphatic carbocycles. The predicted octanol–water partition coefficient (Wildman–Crippen LogP) is 3.52. The molecule has 1 amide bonds. The van der Waals surface area contributed by atoms with Gasteiger partial charge < -0.3 is 10.1 Å². The Morgan fingerprint density at radius 2 is 1.74 bits per heavy atom. The van der Waals surface area contributed by atoms with Crippen LogP contribution in [-0.4, -0.2) is 43.8 Å². The minimum atomic E-state index is -3.64. The Labute approximate surface area is 181 Å². The smallest absolute Gasteiger partial charge is 0.273 e. The van der Waals surface area contributed by atoms with E-state index in [0.717, 1.165) is 6.42 Å². The first-order valence-electron chi connectivity index (χ1n) is 9.85. The standard InChI is InChI=1S/C21H25N3O6S/c1-14-10-15(2)13-23(12-14)31(28,29)18-7-4-16(5-8-18)21(25)22-19-9-6-17(24(26)27)11-20(19)30-3/h4-9,11,14-15H,10,12-13H2,1-3H3,(H,22,25)/t14-,15+. The summed E-state index contributed by atoms with van der Waals surface area (Å²) in [4.78, 5) is 23.1. The molecule has 0 bridgehead atoms. The summed E-state index contributed by atoms with van der Waals surface area (Å²) in [5, 5.41) is 13.5. The number of nitro groups is 1. The van der Waals surface area contributed by atoms with Crippen LogP contribution in [-0.2, 0) is 10.0 Å². The maximum absolute atomic E-state index is 13.0.